The number of amides is 1. The van der Waals surface area contributed by atoms with Crippen molar-refractivity contribution in [2.75, 3.05) is 7.05 Å². The van der Waals surface area contributed by atoms with E-state index >= 15 is 0 Å². The van der Waals surface area contributed by atoms with Crippen molar-refractivity contribution >= 4 is 12.6 Å². The van der Waals surface area contributed by atoms with E-state index in [-0.39, 0.29) is 11.9 Å². The van der Waals surface area contributed by atoms with Crippen molar-refractivity contribution in [3.63, 3.8) is 0 Å². The van der Waals surface area contributed by atoms with Crippen LogP contribution in [0.1, 0.15) is 12.8 Å². The molecule has 1 fully saturated rings. The molecule has 0 N–H and O–H groups in total. The Balaban J connectivity index is 2.82. The van der Waals surface area contributed by atoms with E-state index < -0.39 is 0 Å². The first-order valence-corrected chi connectivity index (χ1v) is 4.24. The van der Waals surface area contributed by atoms with Gasteiger partial charge >= 0.3 is 0 Å². The monoisotopic (exact) mass is 178 g/mol. The first-order valence-electron chi connectivity index (χ1n) is 4.24. The van der Waals surface area contributed by atoms with Crippen molar-refractivity contribution in [1.82, 2.24) is 4.90 Å². The van der Waals surface area contributed by atoms with Crippen molar-refractivity contribution in [2.45, 2.75) is 18.9 Å². The molecule has 0 bridgehead atoms. The van der Waals surface area contributed by atoms with E-state index in [4.69, 9.17) is 0 Å². The fourth-order valence-electron chi connectivity index (χ4n) is 1.57. The fourth-order valence-corrected chi connectivity index (χ4v) is 1.57. The summed E-state index contributed by atoms with van der Waals surface area (Å²) in [6, 6.07) is 0.135. The average molecular weight is 178 g/mol. The van der Waals surface area contributed by atoms with Gasteiger partial charge in [0.15, 0.2) is 0 Å². The van der Waals surface area contributed by atoms with Crippen LogP contribution in [0.3, 0.4) is 0 Å². The zero-order valence-electron chi connectivity index (χ0n) is 7.86. The Labute approximate surface area is 78.5 Å². The molecule has 0 aliphatic carbocycles. The summed E-state index contributed by atoms with van der Waals surface area (Å²) in [5, 5.41) is 0. The van der Waals surface area contributed by atoms with Gasteiger partial charge in [-0.05, 0) is 18.7 Å². The highest BCUT2D eigenvalue weighted by Crippen LogP contribution is 2.23. The number of likely N-dealkylation sites (N-methyl/N-ethyl adjacent to an activating group) is 1. The highest BCUT2D eigenvalue weighted by molar-refractivity contribution is 5.79. The molecule has 0 aromatic heterocycles. The predicted molar refractivity (Wildman–Crippen MR) is 53.6 cm³/mol. The Morgan fingerprint density at radius 1 is 1.77 bits per heavy atom. The van der Waals surface area contributed by atoms with Crippen molar-refractivity contribution in [3.05, 3.63) is 24.4 Å². The second-order valence-electron chi connectivity index (χ2n) is 3.07. The highest BCUT2D eigenvalue weighted by Gasteiger charge is 2.28. The van der Waals surface area contributed by atoms with Gasteiger partial charge in [-0.1, -0.05) is 12.7 Å². The molecule has 1 aliphatic heterocycles. The van der Waals surface area contributed by atoms with Crippen LogP contribution in [0, 0.1) is 0 Å². The van der Waals surface area contributed by atoms with Crippen LogP contribution in [0.5, 0.6) is 0 Å². The van der Waals surface area contributed by atoms with Gasteiger partial charge in [0.05, 0.1) is 6.04 Å². The molecule has 1 saturated heterocycles. The Bertz CT molecular complexity index is 268. The number of carbonyl (C=O) groups is 1. The molecule has 13 heavy (non-hydrogen) atoms. The molecule has 1 aliphatic rings. The second-order valence-corrected chi connectivity index (χ2v) is 3.07. The van der Waals surface area contributed by atoms with Crippen LogP contribution >= 0.6 is 0 Å². The number of rotatable bonds is 3. The van der Waals surface area contributed by atoms with Gasteiger partial charge in [0.2, 0.25) is 5.91 Å². The highest BCUT2D eigenvalue weighted by atomic mass is 16.2. The summed E-state index contributed by atoms with van der Waals surface area (Å²) in [6.45, 7) is 7.08. The third kappa shape index (κ3) is 1.86. The topological polar surface area (TPSA) is 32.7 Å². The van der Waals surface area contributed by atoms with E-state index in [1.165, 1.54) is 0 Å². The fraction of sp³-hybridized carbons (Fsp3) is 0.400. The van der Waals surface area contributed by atoms with E-state index in [0.29, 0.717) is 6.42 Å². The number of likely N-dealkylation sites (tertiary alicyclic amines) is 1. The smallest absolute Gasteiger partial charge is 0.222 e. The van der Waals surface area contributed by atoms with E-state index in [1.807, 2.05) is 0 Å². The maximum Gasteiger partial charge on any atom is 0.222 e. The summed E-state index contributed by atoms with van der Waals surface area (Å²) in [5.74, 6) is 0.182. The molecular weight excluding hydrogens is 164 g/mol. The average Bonchev–Trinajstić information content (AvgIpc) is 2.45. The SMILES string of the molecule is C=C/C(=C\N=C)C1CCC(=O)N1C. The van der Waals surface area contributed by atoms with E-state index in [9.17, 15) is 4.79 Å². The first kappa shape index (κ1) is 9.71. The molecule has 0 aromatic carbocycles. The lowest BCUT2D eigenvalue weighted by Gasteiger charge is -2.20. The maximum atomic E-state index is 11.2. The molecule has 0 spiro atoms. The lowest BCUT2D eigenvalue weighted by molar-refractivity contribution is -0.127. The maximum absolute atomic E-state index is 11.2. The summed E-state index contributed by atoms with van der Waals surface area (Å²) in [4.78, 5) is 16.7. The molecule has 1 atom stereocenters. The quantitative estimate of drug-likeness (QED) is 0.474. The predicted octanol–water partition coefficient (Wildman–Crippen LogP) is 1.38. The third-order valence-corrected chi connectivity index (χ3v) is 2.35. The molecule has 3 nitrogen and oxygen atoms in total. The summed E-state index contributed by atoms with van der Waals surface area (Å²) < 4.78 is 0. The normalized spacial score (nSPS) is 23.5. The standard InChI is InChI=1S/C10H14N2O/c1-4-8(7-11-2)9-5-6-10(13)12(9)3/h4,7,9H,1-2,5-6H2,3H3/b8-7+. The van der Waals surface area contributed by atoms with Crippen LogP contribution < -0.4 is 0 Å². The van der Waals surface area contributed by atoms with Crippen LogP contribution in [0.15, 0.2) is 29.4 Å². The molecule has 1 heterocycles. The third-order valence-electron chi connectivity index (χ3n) is 2.35. The minimum atomic E-state index is 0.135. The van der Waals surface area contributed by atoms with Crippen molar-refractivity contribution in [2.24, 2.45) is 4.99 Å². The Kier molecular flexibility index (Phi) is 3.01. The largest absolute Gasteiger partial charge is 0.339 e. The summed E-state index contributed by atoms with van der Waals surface area (Å²) in [7, 11) is 1.81. The molecule has 0 aromatic rings. The summed E-state index contributed by atoms with van der Waals surface area (Å²) in [6.07, 6.45) is 4.85. The van der Waals surface area contributed by atoms with Crippen LogP contribution in [-0.4, -0.2) is 30.6 Å². The van der Waals surface area contributed by atoms with Crippen LogP contribution in [0.2, 0.25) is 0 Å². The van der Waals surface area contributed by atoms with Gasteiger partial charge in [0.1, 0.15) is 0 Å². The van der Waals surface area contributed by atoms with Gasteiger partial charge in [-0.15, -0.1) is 0 Å². The Morgan fingerprint density at radius 2 is 2.46 bits per heavy atom. The van der Waals surface area contributed by atoms with Gasteiger partial charge in [-0.3, -0.25) is 9.79 Å². The molecular formula is C10H14N2O. The van der Waals surface area contributed by atoms with E-state index in [0.717, 1.165) is 12.0 Å². The number of hydrogen-bond donors (Lipinski definition) is 0. The number of carbonyl (C=O) groups excluding carboxylic acids is 1. The van der Waals surface area contributed by atoms with Gasteiger partial charge < -0.3 is 4.90 Å². The number of aliphatic imine (C=N–C) groups is 1. The molecule has 70 valence electrons. The van der Waals surface area contributed by atoms with Gasteiger partial charge in [-0.25, -0.2) is 0 Å². The number of nitrogens with zero attached hydrogens (tertiary/aromatic N) is 2. The van der Waals surface area contributed by atoms with Gasteiger partial charge in [0, 0.05) is 19.7 Å². The lowest BCUT2D eigenvalue weighted by Crippen LogP contribution is -2.29. The van der Waals surface area contributed by atoms with Crippen LogP contribution in [-0.2, 0) is 4.79 Å². The Hall–Kier alpha value is -1.38. The van der Waals surface area contributed by atoms with Crippen molar-refractivity contribution in [1.29, 1.82) is 0 Å². The molecule has 1 unspecified atom stereocenters. The second kappa shape index (κ2) is 4.03. The van der Waals surface area contributed by atoms with E-state index in [1.54, 1.807) is 24.2 Å². The summed E-state index contributed by atoms with van der Waals surface area (Å²) >= 11 is 0. The minimum absolute atomic E-state index is 0.135. The molecule has 1 rings (SSSR count). The minimum Gasteiger partial charge on any atom is -0.339 e. The van der Waals surface area contributed by atoms with Crippen molar-refractivity contribution < 1.29 is 4.79 Å². The van der Waals surface area contributed by atoms with E-state index in [2.05, 4.69) is 18.3 Å². The van der Waals surface area contributed by atoms with Crippen LogP contribution in [0.4, 0.5) is 0 Å². The van der Waals surface area contributed by atoms with Crippen molar-refractivity contribution in [3.8, 4) is 0 Å². The molecule has 1 amide bonds. The number of hydrogen-bond acceptors (Lipinski definition) is 2. The van der Waals surface area contributed by atoms with Gasteiger partial charge in [-0.2, -0.15) is 0 Å². The zero-order valence-corrected chi connectivity index (χ0v) is 7.86. The summed E-state index contributed by atoms with van der Waals surface area (Å²) in [5.41, 5.74) is 0.961. The molecule has 0 radical (unpaired) electrons. The first-order chi connectivity index (χ1) is 6.20. The Morgan fingerprint density at radius 3 is 2.85 bits per heavy atom. The molecule has 0 saturated carbocycles. The lowest BCUT2D eigenvalue weighted by atomic mass is 10.1. The van der Waals surface area contributed by atoms with Gasteiger partial charge in [0.25, 0.3) is 0 Å². The van der Waals surface area contributed by atoms with Crippen LogP contribution in [0.25, 0.3) is 0 Å². The zero-order chi connectivity index (χ0) is 9.84. The molecule has 3 heteroatoms.